The zero-order chi connectivity index (χ0) is 20.8. The normalized spacial score (nSPS) is 17.3. The summed E-state index contributed by atoms with van der Waals surface area (Å²) in [4.78, 5) is 0. The van der Waals surface area contributed by atoms with Crippen molar-refractivity contribution in [3.63, 3.8) is 0 Å². The Hall–Kier alpha value is -2.20. The maximum atomic E-state index is 5.84. The van der Waals surface area contributed by atoms with Crippen LogP contribution in [0.4, 0.5) is 0 Å². The van der Waals surface area contributed by atoms with Crippen molar-refractivity contribution in [3.05, 3.63) is 53.6 Å². The molecule has 0 aromatic heterocycles. The summed E-state index contributed by atoms with van der Waals surface area (Å²) >= 11 is 0. The minimum absolute atomic E-state index is 0.213. The second-order valence-electron chi connectivity index (χ2n) is 8.89. The SMILES string of the molecule is CC(C)Oc1ccc([C@@H](CCNCc2ccc3c(c2)OCO3)C2CCCCC2)cc1. The van der Waals surface area contributed by atoms with Crippen molar-refractivity contribution in [2.24, 2.45) is 5.92 Å². The van der Waals surface area contributed by atoms with E-state index in [1.807, 2.05) is 6.07 Å². The topological polar surface area (TPSA) is 39.7 Å². The molecule has 4 rings (SSSR count). The van der Waals surface area contributed by atoms with Gasteiger partial charge in [0.2, 0.25) is 6.79 Å². The smallest absolute Gasteiger partial charge is 0.231 e. The number of hydrogen-bond acceptors (Lipinski definition) is 4. The summed E-state index contributed by atoms with van der Waals surface area (Å²) in [6.45, 7) is 6.35. The maximum Gasteiger partial charge on any atom is 0.231 e. The highest BCUT2D eigenvalue weighted by Gasteiger charge is 2.25. The first kappa shape index (κ1) is 21.0. The summed E-state index contributed by atoms with van der Waals surface area (Å²) in [6, 6.07) is 15.1. The molecule has 0 spiro atoms. The van der Waals surface area contributed by atoms with E-state index in [1.54, 1.807) is 0 Å². The summed E-state index contributed by atoms with van der Waals surface area (Å²) in [6.07, 6.45) is 8.24. The monoisotopic (exact) mass is 409 g/mol. The third kappa shape index (κ3) is 5.48. The largest absolute Gasteiger partial charge is 0.491 e. The maximum absolute atomic E-state index is 5.84. The van der Waals surface area contributed by atoms with Gasteiger partial charge in [-0.1, -0.05) is 37.5 Å². The van der Waals surface area contributed by atoms with E-state index in [0.29, 0.717) is 12.7 Å². The zero-order valence-electron chi connectivity index (χ0n) is 18.4. The Bertz CT molecular complexity index is 796. The first-order valence-corrected chi connectivity index (χ1v) is 11.5. The average molecular weight is 410 g/mol. The Morgan fingerprint density at radius 2 is 1.73 bits per heavy atom. The van der Waals surface area contributed by atoms with Crippen LogP contribution in [-0.4, -0.2) is 19.4 Å². The molecule has 4 nitrogen and oxygen atoms in total. The van der Waals surface area contributed by atoms with Crippen molar-refractivity contribution in [1.29, 1.82) is 0 Å². The van der Waals surface area contributed by atoms with Crippen LogP contribution in [0.25, 0.3) is 0 Å². The van der Waals surface area contributed by atoms with Crippen molar-refractivity contribution < 1.29 is 14.2 Å². The molecule has 0 bridgehead atoms. The van der Waals surface area contributed by atoms with E-state index in [4.69, 9.17) is 14.2 Å². The molecule has 0 saturated heterocycles. The summed E-state index contributed by atoms with van der Waals surface area (Å²) in [5, 5.41) is 3.65. The van der Waals surface area contributed by atoms with Gasteiger partial charge < -0.3 is 19.5 Å². The third-order valence-electron chi connectivity index (χ3n) is 6.30. The van der Waals surface area contributed by atoms with Crippen LogP contribution in [0.5, 0.6) is 17.2 Å². The second kappa shape index (κ2) is 10.2. The minimum atomic E-state index is 0.213. The molecule has 1 aliphatic carbocycles. The standard InChI is InChI=1S/C26H35NO3/c1-19(2)30-23-11-9-22(10-12-23)24(21-6-4-3-5-7-21)14-15-27-17-20-8-13-25-26(16-20)29-18-28-25/h8-13,16,19,21,24,27H,3-7,14-15,17-18H2,1-2H3/t24-/m0/s1. The molecule has 1 aliphatic heterocycles. The number of ether oxygens (including phenoxy) is 3. The predicted octanol–water partition coefficient (Wildman–Crippen LogP) is 6.05. The summed E-state index contributed by atoms with van der Waals surface area (Å²) in [7, 11) is 0. The van der Waals surface area contributed by atoms with Gasteiger partial charge in [-0.3, -0.25) is 0 Å². The van der Waals surface area contributed by atoms with Gasteiger partial charge in [-0.05, 0) is 86.9 Å². The Morgan fingerprint density at radius 3 is 2.50 bits per heavy atom. The highest BCUT2D eigenvalue weighted by molar-refractivity contribution is 5.44. The van der Waals surface area contributed by atoms with Crippen LogP contribution in [0.1, 0.15) is 69.4 Å². The fourth-order valence-corrected chi connectivity index (χ4v) is 4.82. The highest BCUT2D eigenvalue weighted by atomic mass is 16.7. The molecule has 1 N–H and O–H groups in total. The molecule has 0 amide bonds. The first-order chi connectivity index (χ1) is 14.7. The molecule has 0 radical (unpaired) electrons. The van der Waals surface area contributed by atoms with Crippen molar-refractivity contribution in [3.8, 4) is 17.2 Å². The summed E-state index contributed by atoms with van der Waals surface area (Å²) in [5.41, 5.74) is 2.70. The molecule has 0 unspecified atom stereocenters. The van der Waals surface area contributed by atoms with Gasteiger partial charge in [0.1, 0.15) is 5.75 Å². The molecule has 162 valence electrons. The van der Waals surface area contributed by atoms with E-state index in [2.05, 4.69) is 55.6 Å². The number of hydrogen-bond donors (Lipinski definition) is 1. The van der Waals surface area contributed by atoms with Gasteiger partial charge >= 0.3 is 0 Å². The molecular formula is C26H35NO3. The molecule has 2 aliphatic rings. The quantitative estimate of drug-likeness (QED) is 0.512. The Labute approximate surface area is 180 Å². The lowest BCUT2D eigenvalue weighted by atomic mass is 9.75. The first-order valence-electron chi connectivity index (χ1n) is 11.5. The van der Waals surface area contributed by atoms with E-state index in [-0.39, 0.29) is 6.10 Å². The van der Waals surface area contributed by atoms with E-state index in [9.17, 15) is 0 Å². The van der Waals surface area contributed by atoms with Crippen LogP contribution in [0, 0.1) is 5.92 Å². The Kier molecular flexibility index (Phi) is 7.16. The van der Waals surface area contributed by atoms with Gasteiger partial charge in [0.25, 0.3) is 0 Å². The molecule has 1 saturated carbocycles. The van der Waals surface area contributed by atoms with Crippen molar-refractivity contribution in [2.75, 3.05) is 13.3 Å². The van der Waals surface area contributed by atoms with Gasteiger partial charge in [0, 0.05) is 6.54 Å². The minimum Gasteiger partial charge on any atom is -0.491 e. The Morgan fingerprint density at radius 1 is 0.967 bits per heavy atom. The van der Waals surface area contributed by atoms with Crippen LogP contribution in [0.2, 0.25) is 0 Å². The zero-order valence-corrected chi connectivity index (χ0v) is 18.4. The molecular weight excluding hydrogens is 374 g/mol. The number of benzene rings is 2. The van der Waals surface area contributed by atoms with E-state index in [0.717, 1.165) is 36.3 Å². The van der Waals surface area contributed by atoms with Crippen LogP contribution in [0.15, 0.2) is 42.5 Å². The predicted molar refractivity (Wildman–Crippen MR) is 120 cm³/mol. The molecule has 30 heavy (non-hydrogen) atoms. The molecule has 1 fully saturated rings. The van der Waals surface area contributed by atoms with Crippen LogP contribution >= 0.6 is 0 Å². The number of nitrogens with one attached hydrogen (secondary N) is 1. The molecule has 2 aromatic rings. The van der Waals surface area contributed by atoms with Gasteiger partial charge in [-0.15, -0.1) is 0 Å². The van der Waals surface area contributed by atoms with Gasteiger partial charge in [-0.2, -0.15) is 0 Å². The van der Waals surface area contributed by atoms with Crippen molar-refractivity contribution in [1.82, 2.24) is 5.32 Å². The molecule has 1 atom stereocenters. The van der Waals surface area contributed by atoms with Crippen LogP contribution < -0.4 is 19.5 Å². The van der Waals surface area contributed by atoms with Crippen LogP contribution in [-0.2, 0) is 6.54 Å². The summed E-state index contributed by atoms with van der Waals surface area (Å²) < 4.78 is 16.7. The molecule has 2 aromatic carbocycles. The van der Waals surface area contributed by atoms with Gasteiger partial charge in [0.15, 0.2) is 11.5 Å². The number of fused-ring (bicyclic) bond motifs is 1. The van der Waals surface area contributed by atoms with E-state index < -0.39 is 0 Å². The molecule has 4 heteroatoms. The fraction of sp³-hybridized carbons (Fsp3) is 0.538. The van der Waals surface area contributed by atoms with Gasteiger partial charge in [0.05, 0.1) is 6.10 Å². The lowest BCUT2D eigenvalue weighted by molar-refractivity contribution is 0.174. The average Bonchev–Trinajstić information content (AvgIpc) is 3.23. The Balaban J connectivity index is 1.35. The second-order valence-corrected chi connectivity index (χ2v) is 8.89. The summed E-state index contributed by atoms with van der Waals surface area (Å²) in [5.74, 6) is 4.08. The van der Waals surface area contributed by atoms with Crippen molar-refractivity contribution in [2.45, 2.75) is 70.9 Å². The van der Waals surface area contributed by atoms with Crippen LogP contribution in [0.3, 0.4) is 0 Å². The lowest BCUT2D eigenvalue weighted by Gasteiger charge is -2.31. The lowest BCUT2D eigenvalue weighted by Crippen LogP contribution is -2.22. The highest BCUT2D eigenvalue weighted by Crippen LogP contribution is 2.38. The van der Waals surface area contributed by atoms with Gasteiger partial charge in [-0.25, -0.2) is 0 Å². The van der Waals surface area contributed by atoms with Crippen molar-refractivity contribution >= 4 is 0 Å². The fourth-order valence-electron chi connectivity index (χ4n) is 4.82. The number of rotatable bonds is 9. The van der Waals surface area contributed by atoms with E-state index >= 15 is 0 Å². The van der Waals surface area contributed by atoms with E-state index in [1.165, 1.54) is 49.7 Å². The third-order valence-corrected chi connectivity index (χ3v) is 6.30. The molecule has 1 heterocycles.